The number of ether oxygens (including phenoxy) is 7. The van der Waals surface area contributed by atoms with Gasteiger partial charge >= 0.3 is 12.1 Å². The molecule has 0 unspecified atom stereocenters. The number of anilines is 2. The second kappa shape index (κ2) is 40.7. The molecule has 105 heavy (non-hydrogen) atoms. The number of carbonyl (C=O) groups excluding carboxylic acids is 7. The number of allylic oxidation sites excluding steroid dienone is 5. The van der Waals surface area contributed by atoms with Crippen LogP contribution in [0.1, 0.15) is 148 Å². The minimum absolute atomic E-state index is 0.0167. The summed E-state index contributed by atoms with van der Waals surface area (Å²) in [6.07, 6.45) is 14.2. The number of hydrogen-bond donors (Lipinski definition) is 6. The molecule has 29 nitrogen and oxygen atoms in total. The Morgan fingerprint density at radius 3 is 2.10 bits per heavy atom. The highest BCUT2D eigenvalue weighted by Crippen LogP contribution is 2.38. The lowest BCUT2D eigenvalue weighted by Crippen LogP contribution is -2.61. The number of nitrogens with two attached hydrogens (primary N) is 1. The average molecular weight is 1470 g/mol. The van der Waals surface area contributed by atoms with E-state index in [1.54, 1.807) is 65.7 Å². The molecular formula is C76H116N12O17. The zero-order valence-corrected chi connectivity index (χ0v) is 63.2. The van der Waals surface area contributed by atoms with Gasteiger partial charge in [0.1, 0.15) is 30.5 Å². The Morgan fingerprint density at radius 1 is 0.743 bits per heavy atom. The lowest BCUT2D eigenvalue weighted by atomic mass is 9.80. The predicted octanol–water partition coefficient (Wildman–Crippen LogP) is 4.80. The quantitative estimate of drug-likeness (QED) is 0.0476. The zero-order chi connectivity index (χ0) is 75.9. The van der Waals surface area contributed by atoms with Crippen molar-refractivity contribution in [3.05, 3.63) is 83.5 Å². The van der Waals surface area contributed by atoms with Gasteiger partial charge in [-0.15, -0.1) is 0 Å². The van der Waals surface area contributed by atoms with E-state index >= 15 is 0 Å². The number of fused-ring (bicyclic) bond motifs is 3. The fourth-order valence-electron chi connectivity index (χ4n) is 14.9. The number of aliphatic hydroxyl groups is 3. The summed E-state index contributed by atoms with van der Waals surface area (Å²) in [6, 6.07) is -2.13. The fraction of sp³-hybridized carbons (Fsp3) is 0.697. The molecule has 4 saturated heterocycles. The summed E-state index contributed by atoms with van der Waals surface area (Å²) in [4.78, 5) is 124. The van der Waals surface area contributed by atoms with Crippen molar-refractivity contribution >= 4 is 53.2 Å². The standard InChI is InChI=1S/C76H116N12O17/c1-11-78-70(94)56-46-81-74(82-47-56)86-28-26-84(27-29-86)34-36-102-35-24-65(90)85-30-32-87(33-31-85)73-79-43-55(44-80-73)45-83-75(97)104-61-23-21-54(40-64(61)100-9)39-58(77)63-42-60(89)50(4)38-52(6)67(92)68(101-10)66(91)51(5)37-48(2)17-13-12-14-18-49(3)62(99-8)41-57-22-20-53(7)76(98,105-57)69(93)71(95)88-25-16-15-19-59(88)72(96)103-63/h12-14,17-18,38,43-44,46-48,50-51,53-54,57-64,67-68,89,92,98H,11,15-16,19-37,39-42,45,77H2,1-10H3,(H,78,94)(H,83,97)/b14-12+,17-13+,49-18+,52-38+/t48-,50-,51-,53-,54+,57+,58-,59+,60-,61-,62+,63+,64-,67-,68+,76-/m1/s1. The molecule has 0 spiro atoms. The van der Waals surface area contributed by atoms with Crippen molar-refractivity contribution in [1.29, 1.82) is 0 Å². The summed E-state index contributed by atoms with van der Waals surface area (Å²) in [5.41, 5.74) is 9.41. The monoisotopic (exact) mass is 1470 g/mol. The Bertz CT molecular complexity index is 3290. The number of rotatable bonds is 19. The molecule has 29 heteroatoms. The van der Waals surface area contributed by atoms with Crippen LogP contribution in [0.25, 0.3) is 0 Å². The number of aromatic nitrogens is 4. The van der Waals surface area contributed by atoms with Gasteiger partial charge in [-0.05, 0) is 108 Å². The summed E-state index contributed by atoms with van der Waals surface area (Å²) in [5, 5.41) is 41.4. The highest BCUT2D eigenvalue weighted by atomic mass is 16.6. The van der Waals surface area contributed by atoms with Gasteiger partial charge in [-0.2, -0.15) is 0 Å². The van der Waals surface area contributed by atoms with E-state index in [4.69, 9.17) is 38.9 Å². The summed E-state index contributed by atoms with van der Waals surface area (Å²) in [5.74, 6) is -7.00. The highest BCUT2D eigenvalue weighted by Gasteiger charge is 2.53. The van der Waals surface area contributed by atoms with Gasteiger partial charge in [-0.1, -0.05) is 64.2 Å². The van der Waals surface area contributed by atoms with E-state index in [2.05, 4.69) is 40.4 Å². The Balaban J connectivity index is 0.831. The second-order valence-electron chi connectivity index (χ2n) is 29.3. The van der Waals surface area contributed by atoms with Crippen LogP contribution in [-0.2, 0) is 63.7 Å². The molecule has 1 saturated carbocycles. The summed E-state index contributed by atoms with van der Waals surface area (Å²) < 4.78 is 41.8. The number of alkyl carbamates (subject to hydrolysis) is 1. The maximum absolute atomic E-state index is 14.8. The lowest BCUT2D eigenvalue weighted by Gasteiger charge is -2.42. The molecule has 0 radical (unpaired) electrons. The number of piperazine rings is 2. The minimum atomic E-state index is -2.49. The van der Waals surface area contributed by atoms with Gasteiger partial charge < -0.3 is 84.4 Å². The number of piperidine rings is 1. The van der Waals surface area contributed by atoms with Gasteiger partial charge in [0.15, 0.2) is 5.78 Å². The first-order valence-corrected chi connectivity index (χ1v) is 37.7. The number of esters is 1. The SMILES string of the molecule is CCNC(=O)c1cnc(N2CCN(CCOCCC(=O)N3CCN(c4ncc(CNC(=O)O[C@@H]5CC[C@@H](C[C@@H](N)[C@@H]6C[C@@H](O)[C@H](C)/C=C(\C)[C@@H](O)[C@@H](OC)C(=O)[C@H](C)C[C@H](C)/C=C/C=C/C=C(\C)[C@@H](OC)C[C@@H]7CC[C@@H](C)[C@@](O)(O7)C(=O)C(=O)N7CCCC[C@H]7C(=O)O6)C[C@H]5OC)cn4)CC3)CC2)nc1. The molecule has 7 N–H and O–H groups in total. The summed E-state index contributed by atoms with van der Waals surface area (Å²) >= 11 is 0. The van der Waals surface area contributed by atoms with Gasteiger partial charge in [-0.25, -0.2) is 29.5 Å². The van der Waals surface area contributed by atoms with Gasteiger partial charge in [0, 0.05) is 167 Å². The van der Waals surface area contributed by atoms with Gasteiger partial charge in [0.05, 0.1) is 49.6 Å². The number of aliphatic hydroxyl groups excluding tert-OH is 2. The van der Waals surface area contributed by atoms with Crippen LogP contribution in [0.15, 0.2) is 72.4 Å². The molecule has 582 valence electrons. The maximum atomic E-state index is 14.8. The summed E-state index contributed by atoms with van der Waals surface area (Å²) in [6.45, 7) is 20.1. The van der Waals surface area contributed by atoms with Crippen molar-refractivity contribution < 1.29 is 82.0 Å². The molecule has 4 amide bonds. The Labute approximate surface area is 618 Å². The number of ketones is 2. The number of methoxy groups -OCH3 is 3. The third-order valence-corrected chi connectivity index (χ3v) is 21.6. The topological polar surface area (TPSA) is 363 Å². The van der Waals surface area contributed by atoms with Crippen LogP contribution in [0.3, 0.4) is 0 Å². The molecule has 0 aromatic carbocycles. The van der Waals surface area contributed by atoms with Crippen molar-refractivity contribution in [2.45, 2.75) is 205 Å². The fourth-order valence-corrected chi connectivity index (χ4v) is 14.9. The van der Waals surface area contributed by atoms with E-state index in [1.165, 1.54) is 14.2 Å². The van der Waals surface area contributed by atoms with Crippen LogP contribution >= 0.6 is 0 Å². The predicted molar refractivity (Wildman–Crippen MR) is 391 cm³/mol. The maximum Gasteiger partial charge on any atom is 0.407 e. The second-order valence-corrected chi connectivity index (χ2v) is 29.3. The largest absolute Gasteiger partial charge is 0.459 e. The van der Waals surface area contributed by atoms with Crippen molar-refractivity contribution in [3.8, 4) is 0 Å². The first-order valence-electron chi connectivity index (χ1n) is 37.7. The van der Waals surface area contributed by atoms with E-state index in [1.807, 2.05) is 61.0 Å². The van der Waals surface area contributed by atoms with Crippen molar-refractivity contribution in [1.82, 2.24) is 45.3 Å². The van der Waals surface area contributed by atoms with Crippen LogP contribution < -0.4 is 26.2 Å². The first kappa shape index (κ1) is 83.4. The number of amides is 4. The van der Waals surface area contributed by atoms with E-state index in [0.29, 0.717) is 126 Å². The van der Waals surface area contributed by atoms with E-state index in [0.717, 1.165) is 43.2 Å². The van der Waals surface area contributed by atoms with E-state index < -0.39 is 108 Å². The van der Waals surface area contributed by atoms with Crippen LogP contribution in [-0.4, -0.2) is 265 Å². The molecule has 7 heterocycles. The molecule has 6 aliphatic rings. The Morgan fingerprint density at radius 2 is 1.43 bits per heavy atom. The Hall–Kier alpha value is -7.19. The number of hydrogen-bond acceptors (Lipinski definition) is 25. The number of carbonyl (C=O) groups is 7. The normalized spacial score (nSPS) is 32.0. The molecule has 1 aliphatic carbocycles. The van der Waals surface area contributed by atoms with Crippen LogP contribution in [0.4, 0.5) is 16.7 Å². The van der Waals surface area contributed by atoms with Gasteiger partial charge in [0.2, 0.25) is 23.6 Å². The van der Waals surface area contributed by atoms with Gasteiger partial charge in [-0.3, -0.25) is 28.9 Å². The molecule has 8 rings (SSSR count). The lowest BCUT2D eigenvalue weighted by molar-refractivity contribution is -0.265. The highest BCUT2D eigenvalue weighted by molar-refractivity contribution is 6.39. The third kappa shape index (κ3) is 23.4. The van der Waals surface area contributed by atoms with E-state index in [-0.39, 0.29) is 74.6 Å². The molecule has 2 aromatic rings. The molecular weight excluding hydrogens is 1350 g/mol. The van der Waals surface area contributed by atoms with Crippen LogP contribution in [0.2, 0.25) is 0 Å². The first-order chi connectivity index (χ1) is 50.3. The zero-order valence-electron chi connectivity index (χ0n) is 63.2. The molecule has 5 fully saturated rings. The number of nitrogens with zero attached hydrogens (tertiary/aromatic N) is 9. The average Bonchev–Trinajstić information content (AvgIpc) is 0.773. The summed E-state index contributed by atoms with van der Waals surface area (Å²) in [7, 11) is 4.47. The number of Topliss-reactive ketones (excluding diaryl/α,β-unsaturated/α-hetero) is 2. The van der Waals surface area contributed by atoms with Crippen LogP contribution in [0, 0.1) is 29.6 Å². The van der Waals surface area contributed by atoms with Crippen LogP contribution in [0.5, 0.6) is 0 Å². The third-order valence-electron chi connectivity index (χ3n) is 21.6. The van der Waals surface area contributed by atoms with Crippen molar-refractivity contribution in [2.24, 2.45) is 35.3 Å². The van der Waals surface area contributed by atoms with E-state index in [9.17, 15) is 48.9 Å². The van der Waals surface area contributed by atoms with Crippen molar-refractivity contribution in [3.63, 3.8) is 0 Å². The smallest absolute Gasteiger partial charge is 0.407 e. The van der Waals surface area contributed by atoms with Crippen molar-refractivity contribution in [2.75, 3.05) is 116 Å². The number of nitrogens with one attached hydrogen (secondary N) is 2. The number of cyclic esters (lactones) is 1. The molecule has 5 aliphatic heterocycles. The molecule has 2 bridgehead atoms. The Kier molecular flexibility index (Phi) is 32.3. The molecule has 16 atom stereocenters. The van der Waals surface area contributed by atoms with Gasteiger partial charge in [0.25, 0.3) is 17.6 Å². The minimum Gasteiger partial charge on any atom is -0.459 e. The molecule has 2 aromatic heterocycles.